The van der Waals surface area contributed by atoms with Gasteiger partial charge in [0.25, 0.3) is 0 Å². The van der Waals surface area contributed by atoms with Crippen LogP contribution in [0.1, 0.15) is 23.2 Å². The van der Waals surface area contributed by atoms with Crippen molar-refractivity contribution in [2.24, 2.45) is 0 Å². The molecule has 0 saturated heterocycles. The minimum absolute atomic E-state index is 0.884. The van der Waals surface area contributed by atoms with Gasteiger partial charge in [0.2, 0.25) is 0 Å². The molecule has 0 spiro atoms. The van der Waals surface area contributed by atoms with Crippen LogP contribution in [0.4, 0.5) is 0 Å². The summed E-state index contributed by atoms with van der Waals surface area (Å²) in [5, 5.41) is 5.76. The van der Waals surface area contributed by atoms with Gasteiger partial charge in [0.05, 0.1) is 5.52 Å². The molecule has 100 valence electrons. The normalized spacial score (nSPS) is 19.0. The summed E-state index contributed by atoms with van der Waals surface area (Å²) in [6.45, 7) is 3.25. The van der Waals surface area contributed by atoms with E-state index in [1.54, 1.807) is 5.69 Å². The maximum atomic E-state index is 6.33. The van der Waals surface area contributed by atoms with Crippen molar-refractivity contribution in [3.8, 4) is 0 Å². The van der Waals surface area contributed by atoms with Crippen molar-refractivity contribution in [1.29, 1.82) is 0 Å². The second-order valence-electron chi connectivity index (χ2n) is 5.37. The van der Waals surface area contributed by atoms with E-state index in [1.165, 1.54) is 34.2 Å². The number of nitrogens with zero attached hydrogens (tertiary/aromatic N) is 1. The molecule has 2 aromatic rings. The van der Waals surface area contributed by atoms with E-state index in [9.17, 15) is 0 Å². The van der Waals surface area contributed by atoms with Gasteiger partial charge >= 0.3 is 0 Å². The van der Waals surface area contributed by atoms with Gasteiger partial charge in [-0.1, -0.05) is 11.6 Å². The van der Waals surface area contributed by atoms with Crippen LogP contribution in [-0.2, 0) is 25.3 Å². The molecule has 2 aliphatic heterocycles. The van der Waals surface area contributed by atoms with E-state index in [0.717, 1.165) is 36.8 Å². The lowest BCUT2D eigenvalue weighted by atomic mass is 10.0. The Hall–Kier alpha value is -0.640. The molecule has 0 unspecified atom stereocenters. The van der Waals surface area contributed by atoms with E-state index in [4.69, 9.17) is 11.6 Å². The molecule has 1 aromatic heterocycles. The van der Waals surface area contributed by atoms with Gasteiger partial charge in [0, 0.05) is 47.9 Å². The fourth-order valence-electron chi connectivity index (χ4n) is 3.42. The first-order valence-corrected chi connectivity index (χ1v) is 8.48. The molecule has 1 aromatic carbocycles. The van der Waals surface area contributed by atoms with Crippen molar-refractivity contribution in [3.63, 3.8) is 0 Å². The summed E-state index contributed by atoms with van der Waals surface area (Å²) in [6.07, 6.45) is 2.42. The third-order valence-corrected chi connectivity index (χ3v) is 5.50. The van der Waals surface area contributed by atoms with Crippen LogP contribution in [-0.4, -0.2) is 16.9 Å². The standard InChI is InChI=1S/C15H17ClN2S/c16-11-6-10-9-19-5-1-4-18-14-2-3-17-8-13(14)12(7-11)15(10)18/h6-7,17H,1-5,8-9H2. The molecule has 19 heavy (non-hydrogen) atoms. The van der Waals surface area contributed by atoms with Crippen LogP contribution < -0.4 is 5.32 Å². The highest BCUT2D eigenvalue weighted by Gasteiger charge is 2.22. The Morgan fingerprint density at radius 3 is 3.21 bits per heavy atom. The summed E-state index contributed by atoms with van der Waals surface area (Å²) in [7, 11) is 0. The fraction of sp³-hybridized carbons (Fsp3) is 0.467. The van der Waals surface area contributed by atoms with Crippen LogP contribution >= 0.6 is 23.4 Å². The summed E-state index contributed by atoms with van der Waals surface area (Å²) in [4.78, 5) is 0. The number of fused-ring (bicyclic) bond motifs is 3. The Morgan fingerprint density at radius 2 is 2.26 bits per heavy atom. The summed E-state index contributed by atoms with van der Waals surface area (Å²) >= 11 is 8.37. The van der Waals surface area contributed by atoms with Gasteiger partial charge in [0.15, 0.2) is 0 Å². The molecule has 3 heterocycles. The predicted molar refractivity (Wildman–Crippen MR) is 83.1 cm³/mol. The molecule has 2 aliphatic rings. The number of halogens is 1. The zero-order valence-corrected chi connectivity index (χ0v) is 12.4. The molecule has 4 rings (SSSR count). The minimum Gasteiger partial charge on any atom is -0.344 e. The van der Waals surface area contributed by atoms with E-state index in [-0.39, 0.29) is 0 Å². The van der Waals surface area contributed by atoms with Crippen molar-refractivity contribution in [1.82, 2.24) is 9.88 Å². The largest absolute Gasteiger partial charge is 0.344 e. The number of aryl methyl sites for hydroxylation is 1. The molecule has 0 atom stereocenters. The molecule has 0 aliphatic carbocycles. The summed E-state index contributed by atoms with van der Waals surface area (Å²) in [6, 6.07) is 4.33. The smallest absolute Gasteiger partial charge is 0.0527 e. The van der Waals surface area contributed by atoms with Crippen LogP contribution in [0.3, 0.4) is 0 Å². The van der Waals surface area contributed by atoms with E-state index < -0.39 is 0 Å². The molecule has 2 nitrogen and oxygen atoms in total. The van der Waals surface area contributed by atoms with Crippen molar-refractivity contribution in [2.75, 3.05) is 12.3 Å². The molecule has 0 radical (unpaired) electrons. The van der Waals surface area contributed by atoms with Gasteiger partial charge in [-0.25, -0.2) is 0 Å². The molecular weight excluding hydrogens is 276 g/mol. The fourth-order valence-corrected chi connectivity index (χ4v) is 4.58. The quantitative estimate of drug-likeness (QED) is 0.799. The predicted octanol–water partition coefficient (Wildman–Crippen LogP) is 3.58. The first kappa shape index (κ1) is 12.1. The highest BCUT2D eigenvalue weighted by Crippen LogP contribution is 2.36. The van der Waals surface area contributed by atoms with Crippen molar-refractivity contribution < 1.29 is 0 Å². The summed E-state index contributed by atoms with van der Waals surface area (Å²) in [5.41, 5.74) is 5.90. The Labute approximate surface area is 122 Å². The maximum absolute atomic E-state index is 6.33. The van der Waals surface area contributed by atoms with Gasteiger partial charge < -0.3 is 9.88 Å². The lowest BCUT2D eigenvalue weighted by molar-refractivity contribution is 0.590. The van der Waals surface area contributed by atoms with Crippen LogP contribution in [0.15, 0.2) is 12.1 Å². The number of hydrogen-bond acceptors (Lipinski definition) is 2. The van der Waals surface area contributed by atoms with Gasteiger partial charge in [0.1, 0.15) is 0 Å². The number of aromatic nitrogens is 1. The lowest BCUT2D eigenvalue weighted by Gasteiger charge is -2.18. The molecular formula is C15H17ClN2S. The van der Waals surface area contributed by atoms with Crippen molar-refractivity contribution >= 4 is 34.3 Å². The lowest BCUT2D eigenvalue weighted by Crippen LogP contribution is -2.24. The Bertz CT molecular complexity index is 647. The van der Waals surface area contributed by atoms with Crippen molar-refractivity contribution in [2.45, 2.75) is 31.7 Å². The van der Waals surface area contributed by atoms with E-state index >= 15 is 0 Å². The average molecular weight is 293 g/mol. The van der Waals surface area contributed by atoms with E-state index in [0.29, 0.717) is 0 Å². The van der Waals surface area contributed by atoms with Crippen LogP contribution in [0, 0.1) is 0 Å². The highest BCUT2D eigenvalue weighted by molar-refractivity contribution is 7.98. The van der Waals surface area contributed by atoms with Gasteiger partial charge in [-0.2, -0.15) is 11.8 Å². The molecule has 0 fully saturated rings. The first-order valence-electron chi connectivity index (χ1n) is 6.95. The third-order valence-electron chi connectivity index (χ3n) is 4.19. The number of benzene rings is 1. The second-order valence-corrected chi connectivity index (χ2v) is 6.91. The van der Waals surface area contributed by atoms with Crippen LogP contribution in [0.2, 0.25) is 5.02 Å². The van der Waals surface area contributed by atoms with Crippen LogP contribution in [0.5, 0.6) is 0 Å². The Balaban J connectivity index is 2.08. The first-order chi connectivity index (χ1) is 9.34. The van der Waals surface area contributed by atoms with E-state index in [1.807, 2.05) is 11.8 Å². The molecule has 0 bridgehead atoms. The summed E-state index contributed by atoms with van der Waals surface area (Å²) in [5.74, 6) is 2.34. The van der Waals surface area contributed by atoms with Gasteiger partial charge in [-0.15, -0.1) is 0 Å². The van der Waals surface area contributed by atoms with E-state index in [2.05, 4.69) is 22.0 Å². The SMILES string of the molecule is Clc1cc2c3c(c1)c1c(n3CCCSC2)CCNC1. The van der Waals surface area contributed by atoms with Gasteiger partial charge in [-0.05, 0) is 35.4 Å². The number of hydrogen-bond donors (Lipinski definition) is 1. The minimum atomic E-state index is 0.884. The maximum Gasteiger partial charge on any atom is 0.0527 e. The zero-order chi connectivity index (χ0) is 12.8. The third kappa shape index (κ3) is 1.91. The highest BCUT2D eigenvalue weighted by atomic mass is 35.5. The molecule has 0 saturated carbocycles. The Morgan fingerprint density at radius 1 is 1.32 bits per heavy atom. The molecule has 1 N–H and O–H groups in total. The zero-order valence-electron chi connectivity index (χ0n) is 10.8. The Kier molecular flexibility index (Phi) is 3.02. The second kappa shape index (κ2) is 4.72. The summed E-state index contributed by atoms with van der Waals surface area (Å²) < 4.78 is 2.58. The number of nitrogens with one attached hydrogen (secondary N) is 1. The monoisotopic (exact) mass is 292 g/mol. The average Bonchev–Trinajstić information content (AvgIpc) is 2.70. The number of thioether (sulfide) groups is 1. The van der Waals surface area contributed by atoms with Crippen LogP contribution in [0.25, 0.3) is 10.9 Å². The topological polar surface area (TPSA) is 17.0 Å². The number of rotatable bonds is 0. The molecule has 0 amide bonds. The van der Waals surface area contributed by atoms with Gasteiger partial charge in [-0.3, -0.25) is 0 Å². The van der Waals surface area contributed by atoms with Crippen molar-refractivity contribution in [3.05, 3.63) is 34.0 Å². The molecule has 4 heteroatoms.